The second kappa shape index (κ2) is 6.70. The third-order valence-corrected chi connectivity index (χ3v) is 3.00. The molecule has 0 saturated carbocycles. The van der Waals surface area contributed by atoms with Gasteiger partial charge in [-0.25, -0.2) is 9.97 Å². The van der Waals surface area contributed by atoms with Crippen LogP contribution in [0.2, 0.25) is 0 Å². The van der Waals surface area contributed by atoms with E-state index in [0.29, 0.717) is 0 Å². The molecule has 0 bridgehead atoms. The van der Waals surface area contributed by atoms with E-state index in [2.05, 4.69) is 34.3 Å². The Balaban J connectivity index is 2.44. The molecule has 0 amide bonds. The molecule has 0 unspecified atom stereocenters. The number of anilines is 1. The van der Waals surface area contributed by atoms with Gasteiger partial charge in [-0.3, -0.25) is 0 Å². The van der Waals surface area contributed by atoms with E-state index in [0.717, 1.165) is 35.4 Å². The Morgan fingerprint density at radius 1 is 1.38 bits per heavy atom. The van der Waals surface area contributed by atoms with Gasteiger partial charge in [0.15, 0.2) is 0 Å². The summed E-state index contributed by atoms with van der Waals surface area (Å²) in [6.45, 7) is 3.09. The van der Waals surface area contributed by atoms with Crippen molar-refractivity contribution in [2.75, 3.05) is 38.8 Å². The molecule has 0 atom stereocenters. The van der Waals surface area contributed by atoms with E-state index < -0.39 is 0 Å². The number of nitrogens with zero attached hydrogens (tertiary/aromatic N) is 3. The van der Waals surface area contributed by atoms with Gasteiger partial charge < -0.3 is 10.2 Å². The fraction of sp³-hybridized carbons (Fsp3) is 0.636. The number of aryl methyl sites for hydroxylation is 1. The largest absolute Gasteiger partial charge is 0.373 e. The average Bonchev–Trinajstić information content (AvgIpc) is 2.23. The van der Waals surface area contributed by atoms with Crippen LogP contribution in [0.25, 0.3) is 0 Å². The van der Waals surface area contributed by atoms with Gasteiger partial charge in [0.05, 0.1) is 5.75 Å². The van der Waals surface area contributed by atoms with E-state index in [9.17, 15) is 0 Å². The summed E-state index contributed by atoms with van der Waals surface area (Å²) in [5.41, 5.74) is 1.02. The maximum atomic E-state index is 4.41. The molecule has 0 aliphatic carbocycles. The van der Waals surface area contributed by atoms with Crippen LogP contribution in [0.1, 0.15) is 11.5 Å². The molecule has 0 radical (unpaired) electrons. The molecule has 0 aromatic carbocycles. The minimum atomic E-state index is 0.879. The van der Waals surface area contributed by atoms with Gasteiger partial charge in [-0.1, -0.05) is 0 Å². The van der Waals surface area contributed by atoms with E-state index in [4.69, 9.17) is 0 Å². The number of hydrogen-bond acceptors (Lipinski definition) is 5. The van der Waals surface area contributed by atoms with E-state index in [-0.39, 0.29) is 0 Å². The molecule has 1 aromatic heterocycles. The number of hydrogen-bond donors (Lipinski definition) is 1. The lowest BCUT2D eigenvalue weighted by Crippen LogP contribution is -2.15. The summed E-state index contributed by atoms with van der Waals surface area (Å²) >= 11 is 1.87. The second-order valence-corrected chi connectivity index (χ2v) is 5.02. The van der Waals surface area contributed by atoms with Crippen LogP contribution in [0.4, 0.5) is 5.82 Å². The lowest BCUT2D eigenvalue weighted by molar-refractivity contribution is 0.437. The zero-order valence-corrected chi connectivity index (χ0v) is 11.3. The van der Waals surface area contributed by atoms with Crippen LogP contribution in [0.15, 0.2) is 6.07 Å². The van der Waals surface area contributed by atoms with Crippen molar-refractivity contribution in [1.82, 2.24) is 14.9 Å². The SMILES string of the molecule is CNc1cc(C)nc(CSCCN(C)C)n1. The molecule has 5 heteroatoms. The van der Waals surface area contributed by atoms with Crippen molar-refractivity contribution in [1.29, 1.82) is 0 Å². The minimum Gasteiger partial charge on any atom is -0.373 e. The molecule has 4 nitrogen and oxygen atoms in total. The van der Waals surface area contributed by atoms with Gasteiger partial charge in [0.1, 0.15) is 11.6 Å². The Kier molecular flexibility index (Phi) is 5.55. The minimum absolute atomic E-state index is 0.879. The third kappa shape index (κ3) is 4.81. The molecule has 0 aliphatic heterocycles. The Hall–Kier alpha value is -0.810. The highest BCUT2D eigenvalue weighted by atomic mass is 32.2. The van der Waals surface area contributed by atoms with E-state index in [1.807, 2.05) is 31.8 Å². The molecule has 0 fully saturated rings. The van der Waals surface area contributed by atoms with E-state index in [1.165, 1.54) is 0 Å². The van der Waals surface area contributed by atoms with Crippen LogP contribution >= 0.6 is 11.8 Å². The van der Waals surface area contributed by atoms with E-state index >= 15 is 0 Å². The first-order chi connectivity index (χ1) is 7.61. The van der Waals surface area contributed by atoms with Crippen LogP contribution in [0.3, 0.4) is 0 Å². The maximum Gasteiger partial charge on any atom is 0.140 e. The van der Waals surface area contributed by atoms with Crippen molar-refractivity contribution in [3.8, 4) is 0 Å². The van der Waals surface area contributed by atoms with Crippen LogP contribution in [0, 0.1) is 6.92 Å². The van der Waals surface area contributed by atoms with Gasteiger partial charge in [0.2, 0.25) is 0 Å². The van der Waals surface area contributed by atoms with Gasteiger partial charge in [-0.15, -0.1) is 0 Å². The predicted octanol–water partition coefficient (Wildman–Crippen LogP) is 1.62. The fourth-order valence-electron chi connectivity index (χ4n) is 1.23. The molecule has 0 aliphatic rings. The topological polar surface area (TPSA) is 41.1 Å². The molecule has 1 heterocycles. The molecule has 16 heavy (non-hydrogen) atoms. The highest BCUT2D eigenvalue weighted by Crippen LogP contribution is 2.11. The normalized spacial score (nSPS) is 10.8. The van der Waals surface area contributed by atoms with Crippen molar-refractivity contribution in [2.24, 2.45) is 0 Å². The van der Waals surface area contributed by atoms with E-state index in [1.54, 1.807) is 0 Å². The summed E-state index contributed by atoms with van der Waals surface area (Å²) in [6, 6.07) is 1.95. The van der Waals surface area contributed by atoms with Crippen molar-refractivity contribution in [3.05, 3.63) is 17.6 Å². The number of aromatic nitrogens is 2. The molecule has 90 valence electrons. The molecule has 0 saturated heterocycles. The summed E-state index contributed by atoms with van der Waals surface area (Å²) in [7, 11) is 6.05. The Morgan fingerprint density at radius 3 is 2.75 bits per heavy atom. The first-order valence-electron chi connectivity index (χ1n) is 5.36. The summed E-state index contributed by atoms with van der Waals surface area (Å²) < 4.78 is 0. The smallest absolute Gasteiger partial charge is 0.140 e. The predicted molar refractivity (Wildman–Crippen MR) is 71.0 cm³/mol. The lowest BCUT2D eigenvalue weighted by Gasteiger charge is -2.09. The first-order valence-corrected chi connectivity index (χ1v) is 6.52. The quantitative estimate of drug-likeness (QED) is 0.765. The summed E-state index contributed by atoms with van der Waals surface area (Å²) in [5, 5.41) is 3.05. The molecule has 1 aromatic rings. The van der Waals surface area contributed by atoms with Crippen LogP contribution < -0.4 is 5.32 Å². The fourth-order valence-corrected chi connectivity index (χ4v) is 2.18. The Labute approximate surface area is 102 Å². The zero-order chi connectivity index (χ0) is 12.0. The van der Waals surface area contributed by atoms with Gasteiger partial charge in [-0.2, -0.15) is 11.8 Å². The van der Waals surface area contributed by atoms with Gasteiger partial charge in [0, 0.05) is 31.1 Å². The molecular formula is C11H20N4S. The van der Waals surface area contributed by atoms with Crippen molar-refractivity contribution < 1.29 is 0 Å². The van der Waals surface area contributed by atoms with Gasteiger partial charge in [0.25, 0.3) is 0 Å². The van der Waals surface area contributed by atoms with Crippen LogP contribution in [-0.2, 0) is 5.75 Å². The monoisotopic (exact) mass is 240 g/mol. The summed E-state index contributed by atoms with van der Waals surface area (Å²) in [4.78, 5) is 11.0. The highest BCUT2D eigenvalue weighted by Gasteiger charge is 2.01. The highest BCUT2D eigenvalue weighted by molar-refractivity contribution is 7.98. The second-order valence-electron chi connectivity index (χ2n) is 3.92. The van der Waals surface area contributed by atoms with Crippen molar-refractivity contribution >= 4 is 17.6 Å². The van der Waals surface area contributed by atoms with Crippen molar-refractivity contribution in [3.63, 3.8) is 0 Å². The van der Waals surface area contributed by atoms with Crippen molar-refractivity contribution in [2.45, 2.75) is 12.7 Å². The molecule has 0 spiro atoms. The summed E-state index contributed by atoms with van der Waals surface area (Å²) in [6.07, 6.45) is 0. The molecule has 1 rings (SSSR count). The lowest BCUT2D eigenvalue weighted by atomic mass is 10.4. The van der Waals surface area contributed by atoms with Crippen LogP contribution in [-0.4, -0.2) is 48.3 Å². The number of rotatable bonds is 6. The van der Waals surface area contributed by atoms with Gasteiger partial charge >= 0.3 is 0 Å². The maximum absolute atomic E-state index is 4.41. The Morgan fingerprint density at radius 2 is 2.12 bits per heavy atom. The molecule has 1 N–H and O–H groups in total. The molecular weight excluding hydrogens is 220 g/mol. The zero-order valence-electron chi connectivity index (χ0n) is 10.4. The van der Waals surface area contributed by atoms with Gasteiger partial charge in [-0.05, 0) is 21.0 Å². The summed E-state index contributed by atoms with van der Waals surface area (Å²) in [5.74, 6) is 3.80. The number of nitrogens with one attached hydrogen (secondary N) is 1. The first kappa shape index (κ1) is 13.3. The Bertz CT molecular complexity index is 328. The average molecular weight is 240 g/mol. The number of thioether (sulfide) groups is 1. The van der Waals surface area contributed by atoms with Crippen LogP contribution in [0.5, 0.6) is 0 Å². The third-order valence-electron chi connectivity index (χ3n) is 2.07. The standard InChI is InChI=1S/C11H20N4S/c1-9-7-10(12-2)14-11(13-9)8-16-6-5-15(3)4/h7H,5-6,8H2,1-4H3,(H,12,13,14).